The summed E-state index contributed by atoms with van der Waals surface area (Å²) in [5, 5.41) is 6.38. The first kappa shape index (κ1) is 17.9. The quantitative estimate of drug-likeness (QED) is 0.583. The number of hydrogen-bond donors (Lipinski definition) is 2. The van der Waals surface area contributed by atoms with Crippen LogP contribution >= 0.6 is 12.2 Å². The Labute approximate surface area is 144 Å². The molecule has 4 nitrogen and oxygen atoms in total. The topological polar surface area (TPSA) is 42.5 Å². The first-order valence-corrected chi connectivity index (χ1v) is 7.73. The molecule has 0 fully saturated rings. The molecule has 0 amide bonds. The molecule has 0 unspecified atom stereocenters. The van der Waals surface area contributed by atoms with Crippen molar-refractivity contribution in [1.29, 1.82) is 0 Å². The smallest absolute Gasteiger partial charge is 0.387 e. The van der Waals surface area contributed by atoms with Crippen molar-refractivity contribution >= 4 is 23.0 Å². The van der Waals surface area contributed by atoms with E-state index in [1.807, 2.05) is 31.2 Å². The van der Waals surface area contributed by atoms with Gasteiger partial charge in [-0.3, -0.25) is 0 Å². The van der Waals surface area contributed by atoms with E-state index < -0.39 is 6.61 Å². The molecule has 0 atom stereocenters. The molecule has 0 radical (unpaired) electrons. The number of anilines is 1. The van der Waals surface area contributed by atoms with Gasteiger partial charge < -0.3 is 20.1 Å². The average Bonchev–Trinajstić information content (AvgIpc) is 2.55. The van der Waals surface area contributed by atoms with E-state index in [1.165, 1.54) is 17.7 Å². The van der Waals surface area contributed by atoms with E-state index >= 15 is 0 Å². The van der Waals surface area contributed by atoms with Crippen LogP contribution in [0.3, 0.4) is 0 Å². The van der Waals surface area contributed by atoms with Crippen molar-refractivity contribution in [3.05, 3.63) is 54.1 Å². The summed E-state index contributed by atoms with van der Waals surface area (Å²) >= 11 is 5.16. The number of hydrogen-bond acceptors (Lipinski definition) is 3. The van der Waals surface area contributed by atoms with Crippen LogP contribution in [0.25, 0.3) is 0 Å². The fraction of sp³-hybridized carbons (Fsp3) is 0.235. The molecule has 24 heavy (non-hydrogen) atoms. The van der Waals surface area contributed by atoms with Crippen molar-refractivity contribution in [2.45, 2.75) is 13.5 Å². The highest BCUT2D eigenvalue weighted by Gasteiger charge is 2.04. The predicted molar refractivity (Wildman–Crippen MR) is 94.0 cm³/mol. The van der Waals surface area contributed by atoms with Crippen molar-refractivity contribution in [1.82, 2.24) is 5.32 Å². The van der Waals surface area contributed by atoms with E-state index in [0.717, 1.165) is 5.75 Å². The third-order valence-corrected chi connectivity index (χ3v) is 3.26. The van der Waals surface area contributed by atoms with Crippen LogP contribution in [0.2, 0.25) is 0 Å². The summed E-state index contributed by atoms with van der Waals surface area (Å²) in [5.74, 6) is 0.900. The van der Waals surface area contributed by atoms with Crippen LogP contribution in [0.15, 0.2) is 48.5 Å². The lowest BCUT2D eigenvalue weighted by Gasteiger charge is -2.12. The van der Waals surface area contributed by atoms with E-state index in [4.69, 9.17) is 17.0 Å². The van der Waals surface area contributed by atoms with Gasteiger partial charge in [0.25, 0.3) is 0 Å². The molecule has 0 aliphatic carbocycles. The second-order valence-electron chi connectivity index (χ2n) is 4.95. The van der Waals surface area contributed by atoms with Crippen LogP contribution in [0.5, 0.6) is 11.5 Å². The molecule has 0 spiro atoms. The van der Waals surface area contributed by atoms with Crippen LogP contribution in [0.4, 0.5) is 14.5 Å². The van der Waals surface area contributed by atoms with Gasteiger partial charge in [0.15, 0.2) is 5.11 Å². The molecule has 0 aromatic heterocycles. The van der Waals surface area contributed by atoms with Gasteiger partial charge in [0, 0.05) is 5.69 Å². The number of alkyl halides is 2. The molecule has 0 saturated carbocycles. The maximum absolute atomic E-state index is 12.1. The van der Waals surface area contributed by atoms with Gasteiger partial charge in [-0.25, -0.2) is 0 Å². The van der Waals surface area contributed by atoms with E-state index in [2.05, 4.69) is 15.4 Å². The minimum atomic E-state index is -2.83. The number of ether oxygens (including phenoxy) is 2. The zero-order chi connectivity index (χ0) is 17.4. The first-order chi connectivity index (χ1) is 11.5. The lowest BCUT2D eigenvalue weighted by molar-refractivity contribution is -0.0498. The summed E-state index contributed by atoms with van der Waals surface area (Å²) in [5.41, 5.74) is 1.85. The number of halogens is 2. The third-order valence-electron chi connectivity index (χ3n) is 3.01. The molecular weight excluding hydrogens is 334 g/mol. The van der Waals surface area contributed by atoms with Gasteiger partial charge in [-0.05, 0) is 55.5 Å². The van der Waals surface area contributed by atoms with Crippen LogP contribution in [-0.2, 0) is 0 Å². The second-order valence-corrected chi connectivity index (χ2v) is 5.35. The average molecular weight is 352 g/mol. The van der Waals surface area contributed by atoms with Gasteiger partial charge in [-0.2, -0.15) is 8.78 Å². The van der Waals surface area contributed by atoms with Crippen molar-refractivity contribution in [3.8, 4) is 11.5 Å². The molecule has 2 aromatic carbocycles. The molecule has 2 rings (SSSR count). The number of rotatable bonds is 7. The van der Waals surface area contributed by atoms with Crippen molar-refractivity contribution in [2.75, 3.05) is 18.5 Å². The zero-order valence-corrected chi connectivity index (χ0v) is 13.9. The van der Waals surface area contributed by atoms with Crippen LogP contribution in [0.1, 0.15) is 5.56 Å². The van der Waals surface area contributed by atoms with Gasteiger partial charge in [-0.1, -0.05) is 17.7 Å². The van der Waals surface area contributed by atoms with E-state index in [-0.39, 0.29) is 5.75 Å². The zero-order valence-electron chi connectivity index (χ0n) is 13.1. The number of thiocarbonyl (C=S) groups is 1. The molecule has 0 aliphatic heterocycles. The summed E-state index contributed by atoms with van der Waals surface area (Å²) in [4.78, 5) is 0. The maximum Gasteiger partial charge on any atom is 0.387 e. The Balaban J connectivity index is 1.68. The number of benzene rings is 2. The molecule has 0 heterocycles. The van der Waals surface area contributed by atoms with E-state index in [9.17, 15) is 8.78 Å². The number of aryl methyl sites for hydroxylation is 1. The Morgan fingerprint density at radius 1 is 1.04 bits per heavy atom. The highest BCUT2D eigenvalue weighted by molar-refractivity contribution is 7.80. The lowest BCUT2D eigenvalue weighted by Crippen LogP contribution is -2.31. The Hall–Kier alpha value is -2.41. The summed E-state index contributed by atoms with van der Waals surface area (Å²) < 4.78 is 34.0. The minimum Gasteiger partial charge on any atom is -0.492 e. The van der Waals surface area contributed by atoms with Gasteiger partial charge in [0.05, 0.1) is 6.54 Å². The van der Waals surface area contributed by atoms with Crippen molar-refractivity contribution < 1.29 is 18.3 Å². The molecule has 2 aromatic rings. The summed E-state index contributed by atoms with van der Waals surface area (Å²) in [6.45, 7) is 0.181. The van der Waals surface area contributed by atoms with Crippen molar-refractivity contribution in [3.63, 3.8) is 0 Å². The van der Waals surface area contributed by atoms with Crippen molar-refractivity contribution in [2.24, 2.45) is 0 Å². The number of nitrogens with one attached hydrogen (secondary N) is 2. The van der Waals surface area contributed by atoms with Gasteiger partial charge in [0.1, 0.15) is 18.1 Å². The first-order valence-electron chi connectivity index (χ1n) is 7.32. The molecule has 0 saturated heterocycles. The molecule has 0 aliphatic rings. The monoisotopic (exact) mass is 352 g/mol. The Morgan fingerprint density at radius 2 is 1.67 bits per heavy atom. The second kappa shape index (κ2) is 9.02. The Bertz CT molecular complexity index is 649. The molecule has 7 heteroatoms. The van der Waals surface area contributed by atoms with Crippen LogP contribution < -0.4 is 20.1 Å². The predicted octanol–water partition coefficient (Wildman–Crippen LogP) is 3.96. The lowest BCUT2D eigenvalue weighted by atomic mass is 10.2. The standard InChI is InChI=1S/C17H18F2N2O2S/c1-12-2-6-14(7-3-12)22-11-10-20-17(24)21-13-4-8-15(9-5-13)23-16(18)19/h2-9,16H,10-11H2,1H3,(H2,20,21,24). The largest absolute Gasteiger partial charge is 0.492 e. The van der Waals surface area contributed by atoms with Gasteiger partial charge in [-0.15, -0.1) is 0 Å². The Kier molecular flexibility index (Phi) is 6.74. The highest BCUT2D eigenvalue weighted by atomic mass is 32.1. The molecule has 0 bridgehead atoms. The van der Waals surface area contributed by atoms with E-state index in [0.29, 0.717) is 24.0 Å². The van der Waals surface area contributed by atoms with Crippen LogP contribution in [-0.4, -0.2) is 24.9 Å². The Morgan fingerprint density at radius 3 is 2.29 bits per heavy atom. The maximum atomic E-state index is 12.1. The summed E-state index contributed by atoms with van der Waals surface area (Å²) in [6, 6.07) is 13.9. The molecule has 2 N–H and O–H groups in total. The highest BCUT2D eigenvalue weighted by Crippen LogP contribution is 2.17. The third kappa shape index (κ3) is 6.37. The fourth-order valence-electron chi connectivity index (χ4n) is 1.86. The van der Waals surface area contributed by atoms with Crippen LogP contribution in [0, 0.1) is 6.92 Å². The molecule has 128 valence electrons. The SMILES string of the molecule is Cc1ccc(OCCNC(=S)Nc2ccc(OC(F)F)cc2)cc1. The summed E-state index contributed by atoms with van der Waals surface area (Å²) in [7, 11) is 0. The summed E-state index contributed by atoms with van der Waals surface area (Å²) in [6.07, 6.45) is 0. The van der Waals surface area contributed by atoms with Gasteiger partial charge in [0.2, 0.25) is 0 Å². The van der Waals surface area contributed by atoms with Gasteiger partial charge >= 0.3 is 6.61 Å². The van der Waals surface area contributed by atoms with E-state index in [1.54, 1.807) is 12.1 Å². The minimum absolute atomic E-state index is 0.0981. The normalized spacial score (nSPS) is 10.3. The fourth-order valence-corrected chi connectivity index (χ4v) is 2.08. The molecular formula is C17H18F2N2O2S.